The molecule has 0 fully saturated rings. The summed E-state index contributed by atoms with van der Waals surface area (Å²) in [4.78, 5) is 0. The average molecular weight is 485 g/mol. The molecule has 2 aliphatic heterocycles. The number of hydrogen-bond acceptors (Lipinski definition) is 2. The Balaban J connectivity index is 1.34. The highest BCUT2D eigenvalue weighted by molar-refractivity contribution is 6.30. The second-order valence-electron chi connectivity index (χ2n) is 10.0. The largest absolute Gasteiger partial charge is 0.378 e. The summed E-state index contributed by atoms with van der Waals surface area (Å²) in [6.45, 7) is 0. The van der Waals surface area contributed by atoms with Crippen LogP contribution in [0.2, 0.25) is 10.0 Å². The molecule has 2 nitrogen and oxygen atoms in total. The van der Waals surface area contributed by atoms with Crippen LogP contribution in [0.5, 0.6) is 0 Å². The number of anilines is 2. The van der Waals surface area contributed by atoms with Crippen LogP contribution in [0, 0.1) is 11.8 Å². The van der Waals surface area contributed by atoms with Crippen LogP contribution in [0.25, 0.3) is 0 Å². The summed E-state index contributed by atoms with van der Waals surface area (Å²) in [5.41, 5.74) is 8.03. The van der Waals surface area contributed by atoms with E-state index in [1.807, 2.05) is 12.1 Å². The number of allylic oxidation sites excluding steroid dienone is 4. The molecule has 0 saturated heterocycles. The third-order valence-corrected chi connectivity index (χ3v) is 8.74. The maximum Gasteiger partial charge on any atom is 0.0554 e. The van der Waals surface area contributed by atoms with E-state index in [0.29, 0.717) is 23.7 Å². The van der Waals surface area contributed by atoms with Gasteiger partial charge < -0.3 is 10.6 Å². The summed E-state index contributed by atoms with van der Waals surface area (Å²) in [5.74, 6) is 1.81. The van der Waals surface area contributed by atoms with Crippen molar-refractivity contribution in [2.75, 3.05) is 10.6 Å². The van der Waals surface area contributed by atoms with Crippen molar-refractivity contribution in [3.63, 3.8) is 0 Å². The molecule has 4 aliphatic rings. The van der Waals surface area contributed by atoms with Crippen molar-refractivity contribution in [3.05, 3.63) is 117 Å². The van der Waals surface area contributed by atoms with E-state index in [0.717, 1.165) is 22.9 Å². The van der Waals surface area contributed by atoms with Crippen molar-refractivity contribution < 1.29 is 0 Å². The van der Waals surface area contributed by atoms with E-state index in [2.05, 4.69) is 83.5 Å². The number of benzene rings is 3. The SMILES string of the molecule is Clc1cccc([C@H]2Nc3ccc4c(c3[C@H]3C=CC[C@H]32)[C@@H]2C=CC[C@@H]2[C@H](c2cccc(Cl)c2)N4)c1. The Morgan fingerprint density at radius 2 is 1.09 bits per heavy atom. The van der Waals surface area contributed by atoms with Gasteiger partial charge in [-0.05, 0) is 83.3 Å². The molecule has 2 aliphatic carbocycles. The first-order chi connectivity index (χ1) is 16.7. The third kappa shape index (κ3) is 3.16. The second kappa shape index (κ2) is 7.93. The molecular weight excluding hydrogens is 459 g/mol. The number of halogens is 2. The van der Waals surface area contributed by atoms with Crippen LogP contribution < -0.4 is 10.6 Å². The predicted molar refractivity (Wildman–Crippen MR) is 142 cm³/mol. The molecule has 34 heavy (non-hydrogen) atoms. The van der Waals surface area contributed by atoms with Gasteiger partial charge >= 0.3 is 0 Å². The van der Waals surface area contributed by atoms with Gasteiger partial charge in [-0.25, -0.2) is 0 Å². The first-order valence-corrected chi connectivity index (χ1v) is 13.0. The summed E-state index contributed by atoms with van der Waals surface area (Å²) in [6.07, 6.45) is 11.8. The lowest BCUT2D eigenvalue weighted by Gasteiger charge is -2.44. The fourth-order valence-corrected chi connectivity index (χ4v) is 7.26. The zero-order valence-corrected chi connectivity index (χ0v) is 20.2. The highest BCUT2D eigenvalue weighted by Gasteiger charge is 2.45. The van der Waals surface area contributed by atoms with Crippen LogP contribution in [0.15, 0.2) is 85.0 Å². The fraction of sp³-hybridized carbons (Fsp3) is 0.267. The zero-order chi connectivity index (χ0) is 22.8. The van der Waals surface area contributed by atoms with E-state index in [1.54, 1.807) is 0 Å². The Morgan fingerprint density at radius 3 is 1.53 bits per heavy atom. The van der Waals surface area contributed by atoms with Crippen molar-refractivity contribution >= 4 is 34.6 Å². The third-order valence-electron chi connectivity index (χ3n) is 8.27. The van der Waals surface area contributed by atoms with Crippen molar-refractivity contribution in [2.45, 2.75) is 36.8 Å². The van der Waals surface area contributed by atoms with Crippen molar-refractivity contribution in [2.24, 2.45) is 11.8 Å². The van der Waals surface area contributed by atoms with Gasteiger partial charge in [0.25, 0.3) is 0 Å². The van der Waals surface area contributed by atoms with Gasteiger partial charge in [-0.2, -0.15) is 0 Å². The van der Waals surface area contributed by atoms with Gasteiger partial charge in [0.1, 0.15) is 0 Å². The van der Waals surface area contributed by atoms with Gasteiger partial charge in [-0.1, -0.05) is 71.8 Å². The highest BCUT2D eigenvalue weighted by atomic mass is 35.5. The Hall–Kier alpha value is -2.68. The Kier molecular flexibility index (Phi) is 4.82. The van der Waals surface area contributed by atoms with E-state index in [1.165, 1.54) is 33.6 Å². The van der Waals surface area contributed by atoms with Crippen LogP contribution in [0.4, 0.5) is 11.4 Å². The quantitative estimate of drug-likeness (QED) is 0.355. The minimum atomic E-state index is 0.259. The average Bonchev–Trinajstić information content (AvgIpc) is 3.53. The molecule has 0 bridgehead atoms. The summed E-state index contributed by atoms with van der Waals surface area (Å²) in [7, 11) is 0. The maximum absolute atomic E-state index is 6.37. The molecule has 7 rings (SSSR count). The molecule has 3 aromatic carbocycles. The Morgan fingerprint density at radius 1 is 0.618 bits per heavy atom. The number of nitrogens with one attached hydrogen (secondary N) is 2. The first kappa shape index (κ1) is 20.7. The molecule has 0 unspecified atom stereocenters. The van der Waals surface area contributed by atoms with E-state index in [9.17, 15) is 0 Å². The summed E-state index contributed by atoms with van der Waals surface area (Å²) < 4.78 is 0. The minimum Gasteiger partial charge on any atom is -0.378 e. The molecular formula is C30H26Cl2N2. The lowest BCUT2D eigenvalue weighted by molar-refractivity contribution is 0.402. The van der Waals surface area contributed by atoms with Gasteiger partial charge in [0, 0.05) is 33.3 Å². The Labute approximate surface area is 210 Å². The summed E-state index contributed by atoms with van der Waals surface area (Å²) in [5, 5.41) is 9.45. The van der Waals surface area contributed by atoms with Gasteiger partial charge in [0.2, 0.25) is 0 Å². The molecule has 0 amide bonds. The maximum atomic E-state index is 6.37. The number of rotatable bonds is 2. The van der Waals surface area contributed by atoms with Crippen LogP contribution in [-0.2, 0) is 0 Å². The van der Waals surface area contributed by atoms with Gasteiger partial charge in [0.15, 0.2) is 0 Å². The van der Waals surface area contributed by atoms with Crippen molar-refractivity contribution in [1.82, 2.24) is 0 Å². The molecule has 0 aromatic heterocycles. The Bertz CT molecular complexity index is 1240. The zero-order valence-electron chi connectivity index (χ0n) is 18.7. The van der Waals surface area contributed by atoms with E-state index < -0.39 is 0 Å². The number of hydrogen-bond donors (Lipinski definition) is 2. The van der Waals surface area contributed by atoms with Gasteiger partial charge in [-0.3, -0.25) is 0 Å². The van der Waals surface area contributed by atoms with E-state index in [4.69, 9.17) is 23.2 Å². The lowest BCUT2D eigenvalue weighted by atomic mass is 9.69. The molecule has 2 N–H and O–H groups in total. The molecule has 6 atom stereocenters. The smallest absolute Gasteiger partial charge is 0.0554 e. The van der Waals surface area contributed by atoms with E-state index >= 15 is 0 Å². The predicted octanol–water partition coefficient (Wildman–Crippen LogP) is 8.65. The fourth-order valence-electron chi connectivity index (χ4n) is 6.87. The molecule has 2 heterocycles. The van der Waals surface area contributed by atoms with Crippen LogP contribution in [0.3, 0.4) is 0 Å². The van der Waals surface area contributed by atoms with Gasteiger partial charge in [-0.15, -0.1) is 0 Å². The molecule has 3 aromatic rings. The van der Waals surface area contributed by atoms with E-state index in [-0.39, 0.29) is 12.1 Å². The lowest BCUT2D eigenvalue weighted by Crippen LogP contribution is -2.34. The van der Waals surface area contributed by atoms with Crippen LogP contribution in [0.1, 0.15) is 59.0 Å². The van der Waals surface area contributed by atoms with Crippen molar-refractivity contribution in [3.8, 4) is 0 Å². The molecule has 170 valence electrons. The van der Waals surface area contributed by atoms with Crippen LogP contribution in [-0.4, -0.2) is 0 Å². The van der Waals surface area contributed by atoms with Crippen LogP contribution >= 0.6 is 23.2 Å². The summed E-state index contributed by atoms with van der Waals surface area (Å²) in [6, 6.07) is 21.7. The summed E-state index contributed by atoms with van der Waals surface area (Å²) >= 11 is 12.7. The normalized spacial score (nSPS) is 30.1. The molecule has 4 heteroatoms. The topological polar surface area (TPSA) is 24.1 Å². The second-order valence-corrected chi connectivity index (χ2v) is 10.9. The molecule has 0 saturated carbocycles. The minimum absolute atomic E-state index is 0.259. The van der Waals surface area contributed by atoms with Crippen molar-refractivity contribution in [1.29, 1.82) is 0 Å². The first-order valence-electron chi connectivity index (χ1n) is 12.2. The monoisotopic (exact) mass is 484 g/mol. The highest BCUT2D eigenvalue weighted by Crippen LogP contribution is 2.58. The molecule has 0 radical (unpaired) electrons. The number of fused-ring (bicyclic) bond motifs is 7. The standard InChI is InChI=1S/C30H26Cl2N2/c31-19-7-1-5-17(15-19)29-23-11-3-9-21(23)27-25(33-29)13-14-26-28(27)22-10-4-12-24(22)30(34-26)18-6-2-8-20(32)16-18/h1-10,13-16,21-24,29-30,33-34H,11-12H2/t21-,22+,23+,24-,29+,30-. The van der Waals surface area contributed by atoms with Gasteiger partial charge in [0.05, 0.1) is 12.1 Å². The molecule has 0 spiro atoms.